The normalized spacial score (nSPS) is 19.1. The van der Waals surface area contributed by atoms with Gasteiger partial charge in [-0.05, 0) is 18.4 Å². The summed E-state index contributed by atoms with van der Waals surface area (Å²) in [5, 5.41) is 13.2. The van der Waals surface area contributed by atoms with Crippen molar-refractivity contribution in [3.8, 4) is 0 Å². The average Bonchev–Trinajstić information content (AvgIpc) is 2.51. The maximum Gasteiger partial charge on any atom is 0.0614 e. The molecular weight excluding hydrogens is 252 g/mol. The van der Waals surface area contributed by atoms with Crippen molar-refractivity contribution < 1.29 is 9.84 Å². The Bertz CT molecular complexity index is 375. The lowest BCUT2D eigenvalue weighted by atomic mass is 9.88. The van der Waals surface area contributed by atoms with Crippen LogP contribution in [0.4, 0.5) is 0 Å². The molecule has 2 rings (SSSR count). The van der Waals surface area contributed by atoms with Gasteiger partial charge in [0.05, 0.1) is 13.2 Å². The van der Waals surface area contributed by atoms with E-state index in [1.165, 1.54) is 5.56 Å². The fourth-order valence-corrected chi connectivity index (χ4v) is 2.79. The number of ether oxygens (including phenoxy) is 1. The summed E-state index contributed by atoms with van der Waals surface area (Å²) in [6.07, 6.45) is 1.97. The molecule has 20 heavy (non-hydrogen) atoms. The molecule has 0 aliphatic carbocycles. The monoisotopic (exact) mass is 278 g/mol. The fourth-order valence-electron chi connectivity index (χ4n) is 2.79. The van der Waals surface area contributed by atoms with Crippen molar-refractivity contribution in [2.24, 2.45) is 0 Å². The topological polar surface area (TPSA) is 44.7 Å². The highest BCUT2D eigenvalue weighted by Crippen LogP contribution is 2.23. The summed E-state index contributed by atoms with van der Waals surface area (Å²) in [7, 11) is 1.70. The Morgan fingerprint density at radius 1 is 1.25 bits per heavy atom. The Labute approximate surface area is 121 Å². The lowest BCUT2D eigenvalue weighted by Gasteiger charge is -2.41. The second kappa shape index (κ2) is 7.74. The fraction of sp³-hybridized carbons (Fsp3) is 0.625. The molecule has 0 unspecified atom stereocenters. The number of nitrogens with zero attached hydrogens (tertiary/aromatic N) is 1. The number of methoxy groups -OCH3 is 1. The predicted octanol–water partition coefficient (Wildman–Crippen LogP) is 1.25. The van der Waals surface area contributed by atoms with Crippen LogP contribution in [0.3, 0.4) is 0 Å². The molecule has 4 heteroatoms. The lowest BCUT2D eigenvalue weighted by Crippen LogP contribution is -2.56. The first-order valence-electron chi connectivity index (χ1n) is 7.39. The van der Waals surface area contributed by atoms with E-state index in [1.54, 1.807) is 7.11 Å². The zero-order valence-electron chi connectivity index (χ0n) is 12.3. The van der Waals surface area contributed by atoms with Crippen LogP contribution in [0.2, 0.25) is 0 Å². The van der Waals surface area contributed by atoms with Gasteiger partial charge in [0, 0.05) is 38.8 Å². The van der Waals surface area contributed by atoms with Gasteiger partial charge in [0.1, 0.15) is 0 Å². The zero-order chi connectivity index (χ0) is 14.3. The Balaban J connectivity index is 1.81. The molecule has 0 saturated carbocycles. The largest absolute Gasteiger partial charge is 0.394 e. The molecule has 4 nitrogen and oxygen atoms in total. The van der Waals surface area contributed by atoms with E-state index in [0.29, 0.717) is 6.61 Å². The lowest BCUT2D eigenvalue weighted by molar-refractivity contribution is 0.0687. The van der Waals surface area contributed by atoms with Gasteiger partial charge in [-0.15, -0.1) is 0 Å². The van der Waals surface area contributed by atoms with Gasteiger partial charge in [-0.1, -0.05) is 30.3 Å². The highest BCUT2D eigenvalue weighted by atomic mass is 16.5. The molecule has 0 spiro atoms. The molecule has 0 aromatic heterocycles. The zero-order valence-corrected chi connectivity index (χ0v) is 12.3. The standard InChI is InChI=1S/C16H26N2O2/c1-20-12-9-17-16(14-19)7-10-18(11-8-16)13-15-5-3-2-4-6-15/h2-6,17,19H,7-14H2,1H3. The van der Waals surface area contributed by atoms with E-state index >= 15 is 0 Å². The van der Waals surface area contributed by atoms with E-state index in [2.05, 4.69) is 40.5 Å². The number of rotatable bonds is 7. The van der Waals surface area contributed by atoms with Crippen LogP contribution in [0.1, 0.15) is 18.4 Å². The Hall–Kier alpha value is -0.940. The van der Waals surface area contributed by atoms with Crippen molar-refractivity contribution in [1.82, 2.24) is 10.2 Å². The van der Waals surface area contributed by atoms with Crippen LogP contribution in [0.15, 0.2) is 30.3 Å². The number of hydrogen-bond acceptors (Lipinski definition) is 4. The van der Waals surface area contributed by atoms with E-state index < -0.39 is 0 Å². The number of aliphatic hydroxyl groups is 1. The molecule has 0 radical (unpaired) electrons. The molecule has 1 aliphatic rings. The molecule has 1 aromatic carbocycles. The molecule has 0 bridgehead atoms. The molecule has 1 heterocycles. The van der Waals surface area contributed by atoms with Gasteiger partial charge in [0.25, 0.3) is 0 Å². The quantitative estimate of drug-likeness (QED) is 0.737. The van der Waals surface area contributed by atoms with Gasteiger partial charge >= 0.3 is 0 Å². The number of likely N-dealkylation sites (tertiary alicyclic amines) is 1. The van der Waals surface area contributed by atoms with Gasteiger partial charge in [-0.25, -0.2) is 0 Å². The van der Waals surface area contributed by atoms with Crippen LogP contribution < -0.4 is 5.32 Å². The molecule has 1 fully saturated rings. The van der Waals surface area contributed by atoms with Gasteiger partial charge in [0.2, 0.25) is 0 Å². The Morgan fingerprint density at radius 2 is 1.95 bits per heavy atom. The summed E-state index contributed by atoms with van der Waals surface area (Å²) in [5.41, 5.74) is 1.24. The van der Waals surface area contributed by atoms with Crippen molar-refractivity contribution in [1.29, 1.82) is 0 Å². The minimum atomic E-state index is -0.119. The first-order valence-corrected chi connectivity index (χ1v) is 7.39. The van der Waals surface area contributed by atoms with Gasteiger partial charge in [-0.2, -0.15) is 0 Å². The molecular formula is C16H26N2O2. The van der Waals surface area contributed by atoms with Crippen LogP contribution in [-0.4, -0.2) is 55.5 Å². The molecule has 1 aliphatic heterocycles. The van der Waals surface area contributed by atoms with Crippen molar-refractivity contribution in [2.45, 2.75) is 24.9 Å². The summed E-state index contributed by atoms with van der Waals surface area (Å²) in [5.74, 6) is 0. The number of aliphatic hydroxyl groups excluding tert-OH is 1. The van der Waals surface area contributed by atoms with Crippen LogP contribution in [0, 0.1) is 0 Å². The minimum absolute atomic E-state index is 0.119. The third kappa shape index (κ3) is 4.28. The van der Waals surface area contributed by atoms with Crippen LogP contribution in [0.25, 0.3) is 0 Å². The third-order valence-corrected chi connectivity index (χ3v) is 4.17. The summed E-state index contributed by atoms with van der Waals surface area (Å²) in [6, 6.07) is 10.6. The molecule has 0 amide bonds. The highest BCUT2D eigenvalue weighted by molar-refractivity contribution is 5.14. The smallest absolute Gasteiger partial charge is 0.0614 e. The Kier molecular flexibility index (Phi) is 5.98. The second-order valence-corrected chi connectivity index (χ2v) is 5.62. The number of piperidine rings is 1. The maximum atomic E-state index is 9.70. The van der Waals surface area contributed by atoms with Crippen molar-refractivity contribution in [2.75, 3.05) is 40.0 Å². The second-order valence-electron chi connectivity index (χ2n) is 5.62. The Morgan fingerprint density at radius 3 is 2.55 bits per heavy atom. The molecule has 0 atom stereocenters. The van der Waals surface area contributed by atoms with Gasteiger partial charge < -0.3 is 15.2 Å². The minimum Gasteiger partial charge on any atom is -0.394 e. The first kappa shape index (κ1) is 15.4. The third-order valence-electron chi connectivity index (χ3n) is 4.17. The molecule has 1 saturated heterocycles. The van der Waals surface area contributed by atoms with Gasteiger partial charge in [-0.3, -0.25) is 4.90 Å². The number of nitrogens with one attached hydrogen (secondary N) is 1. The molecule has 2 N–H and O–H groups in total. The van der Waals surface area contributed by atoms with Crippen LogP contribution in [0.5, 0.6) is 0 Å². The highest BCUT2D eigenvalue weighted by Gasteiger charge is 2.33. The van der Waals surface area contributed by atoms with Crippen molar-refractivity contribution in [3.05, 3.63) is 35.9 Å². The van der Waals surface area contributed by atoms with Crippen molar-refractivity contribution in [3.63, 3.8) is 0 Å². The number of benzene rings is 1. The first-order chi connectivity index (χ1) is 9.78. The van der Waals surface area contributed by atoms with Crippen LogP contribution in [-0.2, 0) is 11.3 Å². The maximum absolute atomic E-state index is 9.70. The van der Waals surface area contributed by atoms with E-state index in [0.717, 1.165) is 39.0 Å². The summed E-state index contributed by atoms with van der Waals surface area (Å²) in [6.45, 7) is 4.74. The summed E-state index contributed by atoms with van der Waals surface area (Å²) in [4.78, 5) is 2.46. The van der Waals surface area contributed by atoms with E-state index in [1.807, 2.05) is 0 Å². The molecule has 1 aromatic rings. The van der Waals surface area contributed by atoms with Crippen LogP contribution >= 0.6 is 0 Å². The van der Waals surface area contributed by atoms with Gasteiger partial charge in [0.15, 0.2) is 0 Å². The average molecular weight is 278 g/mol. The summed E-state index contributed by atoms with van der Waals surface area (Å²) >= 11 is 0. The summed E-state index contributed by atoms with van der Waals surface area (Å²) < 4.78 is 5.07. The molecule has 112 valence electrons. The van der Waals surface area contributed by atoms with Crippen molar-refractivity contribution >= 4 is 0 Å². The SMILES string of the molecule is COCCNC1(CO)CCN(Cc2ccccc2)CC1. The van der Waals surface area contributed by atoms with E-state index in [4.69, 9.17) is 4.74 Å². The number of hydrogen-bond donors (Lipinski definition) is 2. The van der Waals surface area contributed by atoms with E-state index in [9.17, 15) is 5.11 Å². The predicted molar refractivity (Wildman–Crippen MR) is 80.6 cm³/mol. The van der Waals surface area contributed by atoms with E-state index in [-0.39, 0.29) is 12.1 Å².